The van der Waals surface area contributed by atoms with Crippen LogP contribution < -0.4 is 11.1 Å². The summed E-state index contributed by atoms with van der Waals surface area (Å²) in [5, 5.41) is 11.5. The maximum atomic E-state index is 12.3. The van der Waals surface area contributed by atoms with Crippen molar-refractivity contribution in [2.24, 2.45) is 0 Å². The number of nitrogen functional groups attached to an aromatic ring is 1. The number of hydrogen-bond acceptors (Lipinski definition) is 5. The fourth-order valence-corrected chi connectivity index (χ4v) is 3.27. The Bertz CT molecular complexity index is 871. The molecule has 0 saturated carbocycles. The van der Waals surface area contributed by atoms with E-state index in [1.54, 1.807) is 4.57 Å². The third-order valence-electron chi connectivity index (χ3n) is 3.75. The topological polar surface area (TPSA) is 85.8 Å². The van der Waals surface area contributed by atoms with Crippen molar-refractivity contribution in [3.05, 3.63) is 59.7 Å². The van der Waals surface area contributed by atoms with Crippen LogP contribution >= 0.6 is 11.8 Å². The predicted octanol–water partition coefficient (Wildman–Crippen LogP) is 3.20. The minimum absolute atomic E-state index is 0.0939. The molecule has 1 aromatic heterocycles. The van der Waals surface area contributed by atoms with Crippen molar-refractivity contribution in [2.75, 3.05) is 16.8 Å². The van der Waals surface area contributed by atoms with E-state index in [0.717, 1.165) is 22.5 Å². The lowest BCUT2D eigenvalue weighted by Crippen LogP contribution is -2.16. The van der Waals surface area contributed by atoms with Crippen LogP contribution in [0.15, 0.2) is 53.7 Å². The number of aromatic nitrogens is 3. The van der Waals surface area contributed by atoms with Gasteiger partial charge in [-0.25, -0.2) is 0 Å². The number of thioether (sulfide) groups is 1. The third-order valence-corrected chi connectivity index (χ3v) is 4.68. The van der Waals surface area contributed by atoms with Crippen LogP contribution in [0.2, 0.25) is 0 Å². The summed E-state index contributed by atoms with van der Waals surface area (Å²) < 4.78 is 1.73. The number of carbonyl (C=O) groups excluding carboxylic acids is 1. The molecule has 1 amide bonds. The molecule has 3 N–H and O–H groups in total. The highest BCUT2D eigenvalue weighted by atomic mass is 32.2. The quantitative estimate of drug-likeness (QED) is 0.688. The first-order chi connectivity index (χ1) is 12.1. The maximum Gasteiger partial charge on any atom is 0.234 e. The molecule has 0 spiro atoms. The van der Waals surface area contributed by atoms with Crippen molar-refractivity contribution in [2.45, 2.75) is 19.0 Å². The molecule has 0 aliphatic carbocycles. The number of nitrogens with two attached hydrogens (primary N) is 1. The van der Waals surface area contributed by atoms with Crippen LogP contribution in [0.25, 0.3) is 5.69 Å². The lowest BCUT2D eigenvalue weighted by atomic mass is 10.1. The largest absolute Gasteiger partial charge is 0.368 e. The van der Waals surface area contributed by atoms with Gasteiger partial charge in [-0.3, -0.25) is 9.36 Å². The molecule has 0 unspecified atom stereocenters. The van der Waals surface area contributed by atoms with Gasteiger partial charge in [-0.05, 0) is 37.1 Å². The Labute approximate surface area is 150 Å². The van der Waals surface area contributed by atoms with E-state index >= 15 is 0 Å². The maximum absolute atomic E-state index is 12.3. The SMILES string of the molecule is Cc1cccc(C)c1NC(=O)CSc1nnc(N)n1-c1ccccc1. The highest BCUT2D eigenvalue weighted by molar-refractivity contribution is 7.99. The minimum Gasteiger partial charge on any atom is -0.368 e. The van der Waals surface area contributed by atoms with Gasteiger partial charge in [-0.1, -0.05) is 48.2 Å². The Kier molecular flexibility index (Phi) is 5.04. The van der Waals surface area contributed by atoms with Crippen molar-refractivity contribution in [3.63, 3.8) is 0 Å². The zero-order valence-electron chi connectivity index (χ0n) is 14.1. The molecule has 3 aromatic rings. The van der Waals surface area contributed by atoms with Crippen LogP contribution in [-0.2, 0) is 4.79 Å². The van der Waals surface area contributed by atoms with E-state index in [-0.39, 0.29) is 11.7 Å². The Morgan fingerprint density at radius 1 is 1.08 bits per heavy atom. The van der Waals surface area contributed by atoms with Crippen molar-refractivity contribution in [1.82, 2.24) is 14.8 Å². The second-order valence-corrected chi connectivity index (χ2v) is 6.56. The van der Waals surface area contributed by atoms with Crippen molar-refractivity contribution in [1.29, 1.82) is 0 Å². The van der Waals surface area contributed by atoms with Crippen molar-refractivity contribution >= 4 is 29.3 Å². The predicted molar refractivity (Wildman–Crippen MR) is 101 cm³/mol. The highest BCUT2D eigenvalue weighted by Gasteiger charge is 2.14. The van der Waals surface area contributed by atoms with Crippen LogP contribution in [0, 0.1) is 13.8 Å². The molecular formula is C18H19N5OS. The Balaban J connectivity index is 1.71. The average molecular weight is 353 g/mol. The second kappa shape index (κ2) is 7.40. The van der Waals surface area contributed by atoms with Gasteiger partial charge in [0, 0.05) is 5.69 Å². The standard InChI is InChI=1S/C18H19N5OS/c1-12-7-6-8-13(2)16(12)20-15(24)11-25-18-22-21-17(19)23(18)14-9-4-3-5-10-14/h3-10H,11H2,1-2H3,(H2,19,21)(H,20,24). The van der Waals surface area contributed by atoms with E-state index in [1.165, 1.54) is 11.8 Å². The number of nitrogens with zero attached hydrogens (tertiary/aromatic N) is 3. The van der Waals surface area contributed by atoms with Crippen LogP contribution in [0.3, 0.4) is 0 Å². The Morgan fingerprint density at radius 3 is 2.44 bits per heavy atom. The molecule has 0 aliphatic heterocycles. The molecule has 0 saturated heterocycles. The summed E-state index contributed by atoms with van der Waals surface area (Å²) in [6.45, 7) is 3.95. The molecule has 0 atom stereocenters. The number of benzene rings is 2. The summed E-state index contributed by atoms with van der Waals surface area (Å²) in [6, 6.07) is 15.5. The zero-order valence-corrected chi connectivity index (χ0v) is 14.9. The van der Waals surface area contributed by atoms with Gasteiger partial charge in [0.15, 0.2) is 5.16 Å². The van der Waals surface area contributed by atoms with Gasteiger partial charge in [0.1, 0.15) is 0 Å². The number of carbonyl (C=O) groups is 1. The lowest BCUT2D eigenvalue weighted by Gasteiger charge is -2.11. The van der Waals surface area contributed by atoms with Gasteiger partial charge in [0.25, 0.3) is 0 Å². The number of para-hydroxylation sites is 2. The molecule has 0 radical (unpaired) electrons. The monoisotopic (exact) mass is 353 g/mol. The highest BCUT2D eigenvalue weighted by Crippen LogP contribution is 2.24. The van der Waals surface area contributed by atoms with Crippen LogP contribution in [0.5, 0.6) is 0 Å². The van der Waals surface area contributed by atoms with E-state index in [9.17, 15) is 4.79 Å². The summed E-state index contributed by atoms with van der Waals surface area (Å²) >= 11 is 1.30. The minimum atomic E-state index is -0.0939. The smallest absolute Gasteiger partial charge is 0.234 e. The molecule has 2 aromatic carbocycles. The van der Waals surface area contributed by atoms with Gasteiger partial charge < -0.3 is 11.1 Å². The van der Waals surface area contributed by atoms with E-state index in [4.69, 9.17) is 5.73 Å². The van der Waals surface area contributed by atoms with Crippen LogP contribution in [0.1, 0.15) is 11.1 Å². The molecule has 25 heavy (non-hydrogen) atoms. The number of hydrogen-bond donors (Lipinski definition) is 2. The number of aryl methyl sites for hydroxylation is 2. The van der Waals surface area contributed by atoms with Gasteiger partial charge in [-0.2, -0.15) is 0 Å². The molecule has 0 fully saturated rings. The fourth-order valence-electron chi connectivity index (χ4n) is 2.51. The average Bonchev–Trinajstić information content (AvgIpc) is 2.98. The number of amides is 1. The summed E-state index contributed by atoms with van der Waals surface area (Å²) in [4.78, 5) is 12.3. The van der Waals surface area contributed by atoms with Gasteiger partial charge in [-0.15, -0.1) is 10.2 Å². The Hall–Kier alpha value is -2.80. The third kappa shape index (κ3) is 3.83. The normalized spacial score (nSPS) is 10.6. The van der Waals surface area contributed by atoms with Gasteiger partial charge in [0.05, 0.1) is 11.4 Å². The first-order valence-electron chi connectivity index (χ1n) is 7.81. The first-order valence-corrected chi connectivity index (χ1v) is 8.80. The number of anilines is 2. The molecular weight excluding hydrogens is 334 g/mol. The van der Waals surface area contributed by atoms with Gasteiger partial charge >= 0.3 is 0 Å². The molecule has 7 heteroatoms. The first kappa shape index (κ1) is 17.0. The van der Waals surface area contributed by atoms with Crippen molar-refractivity contribution in [3.8, 4) is 5.69 Å². The van der Waals surface area contributed by atoms with E-state index in [0.29, 0.717) is 11.1 Å². The van der Waals surface area contributed by atoms with Crippen molar-refractivity contribution < 1.29 is 4.79 Å². The van der Waals surface area contributed by atoms with E-state index < -0.39 is 0 Å². The Morgan fingerprint density at radius 2 is 1.76 bits per heavy atom. The van der Waals surface area contributed by atoms with Crippen LogP contribution in [0.4, 0.5) is 11.6 Å². The summed E-state index contributed by atoms with van der Waals surface area (Å²) in [5.74, 6) is 0.422. The van der Waals surface area contributed by atoms with Gasteiger partial charge in [0.2, 0.25) is 11.9 Å². The summed E-state index contributed by atoms with van der Waals surface area (Å²) in [5.41, 5.74) is 9.71. The van der Waals surface area contributed by atoms with E-state index in [1.807, 2.05) is 62.4 Å². The molecule has 6 nitrogen and oxygen atoms in total. The number of rotatable bonds is 5. The number of nitrogens with one attached hydrogen (secondary N) is 1. The zero-order chi connectivity index (χ0) is 17.8. The summed E-state index contributed by atoms with van der Waals surface area (Å²) in [7, 11) is 0. The van der Waals surface area contributed by atoms with Crippen LogP contribution in [-0.4, -0.2) is 26.4 Å². The second-order valence-electron chi connectivity index (χ2n) is 5.62. The molecule has 0 bridgehead atoms. The molecule has 0 aliphatic rings. The molecule has 1 heterocycles. The molecule has 128 valence electrons. The lowest BCUT2D eigenvalue weighted by molar-refractivity contribution is -0.113. The molecule has 3 rings (SSSR count). The summed E-state index contributed by atoms with van der Waals surface area (Å²) in [6.07, 6.45) is 0. The fraction of sp³-hybridized carbons (Fsp3) is 0.167. The van der Waals surface area contributed by atoms with E-state index in [2.05, 4.69) is 15.5 Å².